The minimum Gasteiger partial charge on any atom is -0.264 e. The van der Waals surface area contributed by atoms with Crippen molar-refractivity contribution in [1.29, 1.82) is 0 Å². The molecule has 1 aliphatic rings. The fourth-order valence-electron chi connectivity index (χ4n) is 5.20. The van der Waals surface area contributed by atoms with E-state index >= 15 is 0 Å². The van der Waals surface area contributed by atoms with Crippen LogP contribution in [0.1, 0.15) is 10.4 Å². The minimum atomic E-state index is 1.06. The molecule has 1 aliphatic carbocycles. The Hall–Kier alpha value is -3.82. The van der Waals surface area contributed by atoms with Crippen molar-refractivity contribution in [2.24, 2.45) is 0 Å². The number of hydrogen-bond donors (Lipinski definition) is 0. The van der Waals surface area contributed by atoms with Crippen LogP contribution in [0.5, 0.6) is 0 Å². The molecule has 3 heteroatoms. The molecule has 2 nitrogen and oxygen atoms in total. The highest BCUT2D eigenvalue weighted by atomic mass is 32.1. The van der Waals surface area contributed by atoms with Gasteiger partial charge in [-0.15, -0.1) is 11.3 Å². The summed E-state index contributed by atoms with van der Waals surface area (Å²) in [6.45, 7) is 0. The summed E-state index contributed by atoms with van der Waals surface area (Å²) in [5.74, 6) is 0. The third-order valence-electron chi connectivity index (χ3n) is 6.69. The first-order valence-electron chi connectivity index (χ1n) is 11.3. The van der Waals surface area contributed by atoms with Gasteiger partial charge in [-0.05, 0) is 70.1 Å². The maximum Gasteiger partial charge on any atom is 0.0795 e. The number of pyridine rings is 2. The number of thiophene rings is 1. The van der Waals surface area contributed by atoms with Gasteiger partial charge in [0.15, 0.2) is 0 Å². The van der Waals surface area contributed by atoms with Crippen molar-refractivity contribution in [3.63, 3.8) is 0 Å². The second kappa shape index (κ2) is 7.36. The lowest BCUT2D eigenvalue weighted by Gasteiger charge is -2.17. The normalized spacial score (nSPS) is 12.6. The molecule has 0 atom stereocenters. The zero-order valence-corrected chi connectivity index (χ0v) is 18.8. The molecule has 3 heterocycles. The van der Waals surface area contributed by atoms with Gasteiger partial charge in [0.2, 0.25) is 0 Å². The molecule has 0 saturated heterocycles. The van der Waals surface area contributed by atoms with E-state index in [0.717, 1.165) is 18.5 Å². The van der Waals surface area contributed by atoms with E-state index in [9.17, 15) is 0 Å². The number of nitrogens with zero attached hydrogens (tertiary/aromatic N) is 2. The van der Waals surface area contributed by atoms with Crippen LogP contribution in [0.15, 0.2) is 97.5 Å². The average molecular weight is 441 g/mol. The van der Waals surface area contributed by atoms with Gasteiger partial charge in [0.05, 0.1) is 5.69 Å². The summed E-state index contributed by atoms with van der Waals surface area (Å²) >= 11 is 1.92. The predicted octanol–water partition coefficient (Wildman–Crippen LogP) is 7.94. The fraction of sp³-hybridized carbons (Fsp3) is 0.0667. The molecule has 3 aromatic carbocycles. The second-order valence-corrected chi connectivity index (χ2v) is 9.71. The van der Waals surface area contributed by atoms with Crippen LogP contribution in [0.25, 0.3) is 54.4 Å². The Balaban J connectivity index is 1.55. The molecule has 156 valence electrons. The first-order chi connectivity index (χ1) is 16.4. The van der Waals surface area contributed by atoms with Gasteiger partial charge in [-0.25, -0.2) is 0 Å². The number of aromatic nitrogens is 2. The van der Waals surface area contributed by atoms with Crippen molar-refractivity contribution < 1.29 is 0 Å². The predicted molar refractivity (Wildman–Crippen MR) is 139 cm³/mol. The average Bonchev–Trinajstić information content (AvgIpc) is 3.28. The molecule has 0 fully saturated rings. The highest BCUT2D eigenvalue weighted by Crippen LogP contribution is 2.47. The molecular weight excluding hydrogens is 420 g/mol. The fourth-order valence-corrected chi connectivity index (χ4v) is 6.41. The lowest BCUT2D eigenvalue weighted by atomic mass is 9.88. The van der Waals surface area contributed by atoms with E-state index in [1.54, 1.807) is 0 Å². The Morgan fingerprint density at radius 1 is 0.727 bits per heavy atom. The Morgan fingerprint density at radius 2 is 1.61 bits per heavy atom. The molecule has 3 aromatic heterocycles. The zero-order valence-electron chi connectivity index (χ0n) is 18.0. The Morgan fingerprint density at radius 3 is 2.55 bits per heavy atom. The molecule has 0 unspecified atom stereocenters. The van der Waals surface area contributed by atoms with Gasteiger partial charge in [-0.3, -0.25) is 9.97 Å². The van der Waals surface area contributed by atoms with Crippen LogP contribution in [0.2, 0.25) is 0 Å². The van der Waals surface area contributed by atoms with Crippen molar-refractivity contribution in [3.05, 3.63) is 108 Å². The summed E-state index contributed by atoms with van der Waals surface area (Å²) in [6, 6.07) is 28.3. The van der Waals surface area contributed by atoms with E-state index in [-0.39, 0.29) is 0 Å². The summed E-state index contributed by atoms with van der Waals surface area (Å²) in [6.07, 6.45) is 8.03. The quantitative estimate of drug-likeness (QED) is 0.273. The van der Waals surface area contributed by atoms with Crippen LogP contribution < -0.4 is 0 Å². The Kier molecular flexibility index (Phi) is 4.18. The first-order valence-corrected chi connectivity index (χ1v) is 12.1. The van der Waals surface area contributed by atoms with Gasteiger partial charge in [0.1, 0.15) is 0 Å². The number of fused-ring (bicyclic) bond motifs is 6. The standard InChI is InChI=1S/C30H20N2S/c1-2-6-19(7-3-1)25-17-22(16-20-8-4-5-9-23(20)25)30-29-27(13-15-32-30)33-26-11-10-21-18-31-14-12-24(21)28(26)29/h1-9,12-18H,10-11H2. The van der Waals surface area contributed by atoms with E-state index in [0.29, 0.717) is 0 Å². The van der Waals surface area contributed by atoms with Crippen LogP contribution >= 0.6 is 11.3 Å². The van der Waals surface area contributed by atoms with Gasteiger partial charge in [0.25, 0.3) is 0 Å². The molecular formula is C30H20N2S. The highest BCUT2D eigenvalue weighted by molar-refractivity contribution is 7.19. The number of hydrogen-bond acceptors (Lipinski definition) is 3. The van der Waals surface area contributed by atoms with Crippen LogP contribution in [0, 0.1) is 0 Å². The zero-order chi connectivity index (χ0) is 21.8. The molecule has 0 amide bonds. The van der Waals surface area contributed by atoms with Gasteiger partial charge >= 0.3 is 0 Å². The van der Waals surface area contributed by atoms with Gasteiger partial charge in [0, 0.05) is 44.7 Å². The molecule has 6 aromatic rings. The third kappa shape index (κ3) is 2.93. The Bertz CT molecular complexity index is 1660. The van der Waals surface area contributed by atoms with E-state index in [2.05, 4.69) is 83.8 Å². The summed E-state index contributed by atoms with van der Waals surface area (Å²) in [7, 11) is 0. The molecule has 0 bridgehead atoms. The summed E-state index contributed by atoms with van der Waals surface area (Å²) in [5, 5.41) is 3.78. The maximum absolute atomic E-state index is 4.96. The van der Waals surface area contributed by atoms with Gasteiger partial charge in [-0.1, -0.05) is 54.6 Å². The van der Waals surface area contributed by atoms with Crippen LogP contribution in [0.3, 0.4) is 0 Å². The largest absolute Gasteiger partial charge is 0.264 e. The number of benzene rings is 3. The molecule has 7 rings (SSSR count). The van der Waals surface area contributed by atoms with Gasteiger partial charge < -0.3 is 0 Å². The van der Waals surface area contributed by atoms with Crippen molar-refractivity contribution in [3.8, 4) is 33.5 Å². The van der Waals surface area contributed by atoms with Crippen LogP contribution in [-0.2, 0) is 12.8 Å². The van der Waals surface area contributed by atoms with Gasteiger partial charge in [-0.2, -0.15) is 0 Å². The third-order valence-corrected chi connectivity index (χ3v) is 7.90. The lowest BCUT2D eigenvalue weighted by molar-refractivity contribution is 0.953. The van der Waals surface area contributed by atoms with E-state index in [4.69, 9.17) is 4.98 Å². The second-order valence-electron chi connectivity index (χ2n) is 8.58. The molecule has 0 aliphatic heterocycles. The van der Waals surface area contributed by atoms with Crippen molar-refractivity contribution in [1.82, 2.24) is 9.97 Å². The Labute approximate surface area is 196 Å². The SMILES string of the molecule is c1ccc(-c2cc(-c3nccc4sc5c(c34)-c3ccncc3CC5)cc3ccccc23)cc1. The number of aryl methyl sites for hydroxylation is 2. The van der Waals surface area contributed by atoms with E-state index < -0.39 is 0 Å². The first kappa shape index (κ1) is 18.7. The smallest absolute Gasteiger partial charge is 0.0795 e. The van der Waals surface area contributed by atoms with Crippen LogP contribution in [0.4, 0.5) is 0 Å². The molecule has 0 spiro atoms. The van der Waals surface area contributed by atoms with E-state index in [1.807, 2.05) is 29.9 Å². The summed E-state index contributed by atoms with van der Waals surface area (Å²) in [4.78, 5) is 10.8. The molecule has 33 heavy (non-hydrogen) atoms. The molecule has 0 N–H and O–H groups in total. The van der Waals surface area contributed by atoms with Crippen molar-refractivity contribution >= 4 is 32.2 Å². The molecule has 0 radical (unpaired) electrons. The summed E-state index contributed by atoms with van der Waals surface area (Å²) in [5.41, 5.74) is 8.72. The minimum absolute atomic E-state index is 1.06. The maximum atomic E-state index is 4.96. The lowest BCUT2D eigenvalue weighted by Crippen LogP contribution is -2.02. The van der Waals surface area contributed by atoms with Crippen molar-refractivity contribution in [2.75, 3.05) is 0 Å². The number of rotatable bonds is 2. The topological polar surface area (TPSA) is 25.8 Å². The van der Waals surface area contributed by atoms with Crippen LogP contribution in [-0.4, -0.2) is 9.97 Å². The molecule has 0 saturated carbocycles. The highest BCUT2D eigenvalue weighted by Gasteiger charge is 2.24. The monoisotopic (exact) mass is 440 g/mol. The summed E-state index contributed by atoms with van der Waals surface area (Å²) < 4.78 is 1.31. The van der Waals surface area contributed by atoms with E-state index in [1.165, 1.54) is 59.1 Å². The van der Waals surface area contributed by atoms with Crippen molar-refractivity contribution in [2.45, 2.75) is 12.8 Å².